The Morgan fingerprint density at radius 3 is 2.27 bits per heavy atom. The number of nitrogens with zero attached hydrogens (tertiary/aromatic N) is 1. The highest BCUT2D eigenvalue weighted by Gasteiger charge is 2.04. The lowest BCUT2D eigenvalue weighted by Gasteiger charge is -1.90. The molecule has 84 valence electrons. The van der Waals surface area contributed by atoms with E-state index in [1.54, 1.807) is 11.3 Å². The standard InChI is InChI=1S/C6H10N2S.C2H2O4/c1-5-6(2-3-7)9-4-8-5;3-1(4)2(5)6/h4H,2-3,7H2,1H3;(H,3,4)(H,5,6). The molecule has 0 amide bonds. The maximum atomic E-state index is 9.10. The van der Waals surface area contributed by atoms with E-state index in [0.29, 0.717) is 0 Å². The van der Waals surface area contributed by atoms with Crippen LogP contribution in [0.1, 0.15) is 10.6 Å². The summed E-state index contributed by atoms with van der Waals surface area (Å²) < 4.78 is 0. The average Bonchev–Trinajstić information content (AvgIpc) is 2.53. The van der Waals surface area contributed by atoms with Crippen LogP contribution in [0.2, 0.25) is 0 Å². The van der Waals surface area contributed by atoms with Gasteiger partial charge in [0.2, 0.25) is 0 Å². The maximum Gasteiger partial charge on any atom is 0.414 e. The van der Waals surface area contributed by atoms with E-state index in [0.717, 1.165) is 18.7 Å². The van der Waals surface area contributed by atoms with Crippen molar-refractivity contribution in [3.63, 3.8) is 0 Å². The zero-order valence-corrected chi connectivity index (χ0v) is 8.95. The minimum absolute atomic E-state index is 0.725. The van der Waals surface area contributed by atoms with Gasteiger partial charge in [0.05, 0.1) is 11.2 Å². The summed E-state index contributed by atoms with van der Waals surface area (Å²) in [5, 5.41) is 14.8. The minimum atomic E-state index is -1.82. The molecule has 0 aliphatic heterocycles. The molecule has 6 nitrogen and oxygen atoms in total. The van der Waals surface area contributed by atoms with Crippen molar-refractivity contribution in [2.75, 3.05) is 6.54 Å². The third kappa shape index (κ3) is 5.76. The molecule has 0 saturated carbocycles. The van der Waals surface area contributed by atoms with E-state index in [9.17, 15) is 0 Å². The number of hydrogen-bond donors (Lipinski definition) is 3. The van der Waals surface area contributed by atoms with Gasteiger partial charge in [-0.15, -0.1) is 11.3 Å². The van der Waals surface area contributed by atoms with Crippen molar-refractivity contribution < 1.29 is 19.8 Å². The summed E-state index contributed by atoms with van der Waals surface area (Å²) in [4.78, 5) is 23.6. The molecular weight excluding hydrogens is 220 g/mol. The largest absolute Gasteiger partial charge is 0.473 e. The Labute approximate surface area is 90.4 Å². The Morgan fingerprint density at radius 2 is 2.00 bits per heavy atom. The third-order valence-corrected chi connectivity index (χ3v) is 2.39. The van der Waals surface area contributed by atoms with Crippen LogP contribution in [0.5, 0.6) is 0 Å². The number of hydrogen-bond acceptors (Lipinski definition) is 5. The molecule has 0 aliphatic rings. The van der Waals surface area contributed by atoms with Crippen LogP contribution in [0.3, 0.4) is 0 Å². The topological polar surface area (TPSA) is 114 Å². The quantitative estimate of drug-likeness (QED) is 0.623. The summed E-state index contributed by atoms with van der Waals surface area (Å²) in [7, 11) is 0. The van der Waals surface area contributed by atoms with Gasteiger partial charge in [0, 0.05) is 4.88 Å². The predicted molar refractivity (Wildman–Crippen MR) is 54.9 cm³/mol. The number of carboxylic acid groups (broad SMARTS) is 2. The summed E-state index contributed by atoms with van der Waals surface area (Å²) >= 11 is 1.68. The SMILES string of the molecule is Cc1ncsc1CCN.O=C(O)C(=O)O. The number of aryl methyl sites for hydroxylation is 1. The summed E-state index contributed by atoms with van der Waals surface area (Å²) in [6, 6.07) is 0. The molecule has 4 N–H and O–H groups in total. The number of carbonyl (C=O) groups is 2. The van der Waals surface area contributed by atoms with Crippen LogP contribution < -0.4 is 5.73 Å². The number of carboxylic acids is 2. The van der Waals surface area contributed by atoms with E-state index in [4.69, 9.17) is 25.5 Å². The summed E-state index contributed by atoms with van der Waals surface area (Å²) in [5.41, 5.74) is 8.36. The van der Waals surface area contributed by atoms with E-state index >= 15 is 0 Å². The van der Waals surface area contributed by atoms with Gasteiger partial charge in [-0.25, -0.2) is 14.6 Å². The first kappa shape index (κ1) is 13.5. The molecule has 0 saturated heterocycles. The molecule has 0 aromatic carbocycles. The monoisotopic (exact) mass is 232 g/mol. The first-order valence-corrected chi connectivity index (χ1v) is 4.92. The molecule has 0 fully saturated rings. The Hall–Kier alpha value is -1.47. The smallest absolute Gasteiger partial charge is 0.414 e. The average molecular weight is 232 g/mol. The molecule has 7 heteroatoms. The van der Waals surface area contributed by atoms with Crippen molar-refractivity contribution >= 4 is 23.3 Å². The lowest BCUT2D eigenvalue weighted by Crippen LogP contribution is -2.09. The number of nitrogens with two attached hydrogens (primary N) is 1. The lowest BCUT2D eigenvalue weighted by molar-refractivity contribution is -0.159. The van der Waals surface area contributed by atoms with Gasteiger partial charge in [-0.2, -0.15) is 0 Å². The second-order valence-electron chi connectivity index (χ2n) is 2.51. The molecule has 1 rings (SSSR count). The summed E-state index contributed by atoms with van der Waals surface area (Å²) in [5.74, 6) is -3.65. The van der Waals surface area contributed by atoms with Crippen molar-refractivity contribution in [1.29, 1.82) is 0 Å². The molecular formula is C8H12N2O4S. The molecule has 0 spiro atoms. The highest BCUT2D eigenvalue weighted by molar-refractivity contribution is 7.09. The molecule has 0 atom stereocenters. The van der Waals surface area contributed by atoms with Crippen LogP contribution in [0.15, 0.2) is 5.51 Å². The Bertz CT molecular complexity index is 325. The molecule has 0 aliphatic carbocycles. The normalized spacial score (nSPS) is 8.93. The second kappa shape index (κ2) is 6.91. The number of thiazole rings is 1. The highest BCUT2D eigenvalue weighted by Crippen LogP contribution is 2.11. The van der Waals surface area contributed by atoms with Crippen LogP contribution in [0.25, 0.3) is 0 Å². The molecule has 1 aromatic heterocycles. The minimum Gasteiger partial charge on any atom is -0.473 e. The highest BCUT2D eigenvalue weighted by atomic mass is 32.1. The predicted octanol–water partition coefficient (Wildman–Crippen LogP) is 0.108. The van der Waals surface area contributed by atoms with Crippen molar-refractivity contribution in [2.45, 2.75) is 13.3 Å². The lowest BCUT2D eigenvalue weighted by atomic mass is 10.3. The first-order valence-electron chi connectivity index (χ1n) is 4.04. The van der Waals surface area contributed by atoms with Gasteiger partial charge in [-0.1, -0.05) is 0 Å². The van der Waals surface area contributed by atoms with E-state index < -0.39 is 11.9 Å². The fourth-order valence-corrected chi connectivity index (χ4v) is 1.49. The van der Waals surface area contributed by atoms with Crippen molar-refractivity contribution in [3.8, 4) is 0 Å². The van der Waals surface area contributed by atoms with Crippen molar-refractivity contribution in [1.82, 2.24) is 4.98 Å². The van der Waals surface area contributed by atoms with Crippen LogP contribution in [0.4, 0.5) is 0 Å². The summed E-state index contributed by atoms with van der Waals surface area (Å²) in [6.07, 6.45) is 0.969. The molecule has 15 heavy (non-hydrogen) atoms. The Kier molecular flexibility index (Phi) is 6.23. The fourth-order valence-electron chi connectivity index (χ4n) is 0.697. The van der Waals surface area contributed by atoms with E-state index in [2.05, 4.69) is 4.98 Å². The van der Waals surface area contributed by atoms with Crippen molar-refractivity contribution in [3.05, 3.63) is 16.1 Å². The number of rotatable bonds is 2. The van der Waals surface area contributed by atoms with Gasteiger partial charge in [0.25, 0.3) is 0 Å². The van der Waals surface area contributed by atoms with Gasteiger partial charge >= 0.3 is 11.9 Å². The number of aliphatic carboxylic acids is 2. The van der Waals surface area contributed by atoms with Gasteiger partial charge in [-0.05, 0) is 19.9 Å². The van der Waals surface area contributed by atoms with Crippen LogP contribution in [0, 0.1) is 6.92 Å². The first-order chi connectivity index (χ1) is 6.99. The van der Waals surface area contributed by atoms with E-state index in [1.165, 1.54) is 4.88 Å². The van der Waals surface area contributed by atoms with Crippen LogP contribution >= 0.6 is 11.3 Å². The third-order valence-electron chi connectivity index (χ3n) is 1.40. The van der Waals surface area contributed by atoms with Gasteiger partial charge < -0.3 is 15.9 Å². The molecule has 0 bridgehead atoms. The van der Waals surface area contributed by atoms with E-state index in [-0.39, 0.29) is 0 Å². The molecule has 1 heterocycles. The Morgan fingerprint density at radius 1 is 1.47 bits per heavy atom. The van der Waals surface area contributed by atoms with Gasteiger partial charge in [0.15, 0.2) is 0 Å². The van der Waals surface area contributed by atoms with Crippen LogP contribution in [-0.4, -0.2) is 33.7 Å². The Balaban J connectivity index is 0.000000288. The zero-order valence-electron chi connectivity index (χ0n) is 8.14. The maximum absolute atomic E-state index is 9.10. The van der Waals surface area contributed by atoms with Crippen molar-refractivity contribution in [2.24, 2.45) is 5.73 Å². The zero-order chi connectivity index (χ0) is 11.8. The molecule has 0 unspecified atom stereocenters. The number of aromatic nitrogens is 1. The van der Waals surface area contributed by atoms with E-state index in [1.807, 2.05) is 12.4 Å². The van der Waals surface area contributed by atoms with Crippen LogP contribution in [-0.2, 0) is 16.0 Å². The molecule has 1 aromatic rings. The summed E-state index contributed by atoms with van der Waals surface area (Å²) in [6.45, 7) is 2.74. The molecule has 0 radical (unpaired) electrons. The van der Waals surface area contributed by atoms with Gasteiger partial charge in [-0.3, -0.25) is 0 Å². The second-order valence-corrected chi connectivity index (χ2v) is 3.45. The van der Waals surface area contributed by atoms with Gasteiger partial charge in [0.1, 0.15) is 0 Å². The fraction of sp³-hybridized carbons (Fsp3) is 0.375.